The Morgan fingerprint density at radius 1 is 1.22 bits per heavy atom. The van der Waals surface area contributed by atoms with E-state index in [1.807, 2.05) is 0 Å². The molecule has 0 bridgehead atoms. The average Bonchev–Trinajstić information content (AvgIpc) is 2.66. The lowest BCUT2D eigenvalue weighted by Gasteiger charge is -2.07. The Morgan fingerprint density at radius 2 is 1.93 bits per heavy atom. The minimum Gasteiger partial charge on any atom is -0.462 e. The molecule has 2 aromatic carbocycles. The largest absolute Gasteiger partial charge is 0.462 e. The Labute approximate surface area is 153 Å². The molecule has 0 aliphatic rings. The van der Waals surface area contributed by atoms with Crippen molar-refractivity contribution >= 4 is 34.3 Å². The Bertz CT molecular complexity index is 1100. The zero-order valence-corrected chi connectivity index (χ0v) is 14.3. The summed E-state index contributed by atoms with van der Waals surface area (Å²) < 4.78 is 5.05. The van der Waals surface area contributed by atoms with Crippen LogP contribution in [-0.4, -0.2) is 27.5 Å². The number of aromatic amines is 1. The molecular weight excluding hydrogens is 350 g/mol. The summed E-state index contributed by atoms with van der Waals surface area (Å²) in [4.78, 5) is 42.1. The molecule has 0 atom stereocenters. The van der Waals surface area contributed by atoms with Crippen molar-refractivity contribution in [2.45, 2.75) is 6.92 Å². The van der Waals surface area contributed by atoms with Crippen molar-refractivity contribution in [3.63, 3.8) is 0 Å². The molecule has 0 spiro atoms. The number of hydrogen-bond donors (Lipinski definition) is 1. The molecule has 0 fully saturated rings. The van der Waals surface area contributed by atoms with Gasteiger partial charge in [0.15, 0.2) is 0 Å². The first-order valence-corrected chi connectivity index (χ1v) is 8.12. The molecule has 8 heteroatoms. The summed E-state index contributed by atoms with van der Waals surface area (Å²) in [5.41, 5.74) is 0.846. The number of rotatable bonds is 5. The number of non-ortho nitro benzene ring substituents is 1. The lowest BCUT2D eigenvalue weighted by Crippen LogP contribution is -2.19. The zero-order valence-electron chi connectivity index (χ0n) is 14.3. The van der Waals surface area contributed by atoms with Crippen LogP contribution in [0.2, 0.25) is 0 Å². The topological polar surface area (TPSA) is 115 Å². The fourth-order valence-corrected chi connectivity index (χ4v) is 2.50. The molecule has 0 radical (unpaired) electrons. The number of fused-ring (bicyclic) bond motifs is 1. The van der Waals surface area contributed by atoms with Crippen molar-refractivity contribution in [3.05, 3.63) is 80.3 Å². The summed E-state index contributed by atoms with van der Waals surface area (Å²) in [5.74, 6) is -0.705. The second-order valence-electron chi connectivity index (χ2n) is 5.56. The molecule has 3 rings (SSSR count). The Kier molecular flexibility index (Phi) is 5.07. The molecular formula is C19H15N3O5. The van der Waals surface area contributed by atoms with Crippen molar-refractivity contribution < 1.29 is 14.5 Å². The minimum absolute atomic E-state index is 0.0299. The van der Waals surface area contributed by atoms with Crippen molar-refractivity contribution in [1.29, 1.82) is 0 Å². The fourth-order valence-electron chi connectivity index (χ4n) is 2.50. The van der Waals surface area contributed by atoms with E-state index in [-0.39, 0.29) is 23.6 Å². The highest BCUT2D eigenvalue weighted by molar-refractivity contribution is 6.21. The number of hydrogen-bond acceptors (Lipinski definition) is 6. The first-order valence-electron chi connectivity index (χ1n) is 8.12. The second kappa shape index (κ2) is 7.61. The third-order valence-corrected chi connectivity index (χ3v) is 3.76. The summed E-state index contributed by atoms with van der Waals surface area (Å²) in [6.45, 7) is 1.78. The van der Waals surface area contributed by atoms with E-state index in [1.165, 1.54) is 30.3 Å². The standard InChI is InChI=1S/C19H15N3O5/c1-2-27-19(24)14(11-12-7-9-13(10-8-12)22(25)26)17-18(23)21-16-6-4-3-5-15(16)20-17/h3-11H,2H2,1H3,(H,21,23)/b14-11-. The van der Waals surface area contributed by atoms with Gasteiger partial charge in [0.2, 0.25) is 0 Å². The van der Waals surface area contributed by atoms with E-state index in [4.69, 9.17) is 4.74 Å². The van der Waals surface area contributed by atoms with Gasteiger partial charge in [0.1, 0.15) is 5.69 Å². The zero-order chi connectivity index (χ0) is 19.4. The number of nitrogens with zero attached hydrogens (tertiary/aromatic N) is 2. The molecule has 8 nitrogen and oxygen atoms in total. The van der Waals surface area contributed by atoms with Gasteiger partial charge in [-0.2, -0.15) is 0 Å². The van der Waals surface area contributed by atoms with Crippen LogP contribution in [0.3, 0.4) is 0 Å². The van der Waals surface area contributed by atoms with E-state index >= 15 is 0 Å². The Morgan fingerprint density at radius 3 is 2.59 bits per heavy atom. The molecule has 0 saturated carbocycles. The van der Waals surface area contributed by atoms with Gasteiger partial charge in [-0.25, -0.2) is 9.78 Å². The maximum atomic E-state index is 12.5. The van der Waals surface area contributed by atoms with Gasteiger partial charge >= 0.3 is 5.97 Å². The maximum Gasteiger partial charge on any atom is 0.340 e. The number of nitrogens with one attached hydrogen (secondary N) is 1. The van der Waals surface area contributed by atoms with E-state index in [0.29, 0.717) is 16.6 Å². The predicted octanol–water partition coefficient (Wildman–Crippen LogP) is 2.94. The van der Waals surface area contributed by atoms with Gasteiger partial charge in [-0.05, 0) is 42.8 Å². The van der Waals surface area contributed by atoms with E-state index in [1.54, 1.807) is 31.2 Å². The number of nitro groups is 1. The van der Waals surface area contributed by atoms with E-state index in [0.717, 1.165) is 0 Å². The highest BCUT2D eigenvalue weighted by Gasteiger charge is 2.19. The molecule has 0 aliphatic carbocycles. The lowest BCUT2D eigenvalue weighted by molar-refractivity contribution is -0.384. The number of aromatic nitrogens is 2. The molecule has 1 aromatic heterocycles. The molecule has 3 aromatic rings. The number of para-hydroxylation sites is 2. The van der Waals surface area contributed by atoms with Crippen LogP contribution in [-0.2, 0) is 9.53 Å². The normalized spacial score (nSPS) is 11.4. The van der Waals surface area contributed by atoms with Crippen LogP contribution >= 0.6 is 0 Å². The average molecular weight is 365 g/mol. The predicted molar refractivity (Wildman–Crippen MR) is 100.0 cm³/mol. The summed E-state index contributed by atoms with van der Waals surface area (Å²) >= 11 is 0. The van der Waals surface area contributed by atoms with Crippen LogP contribution in [0.4, 0.5) is 5.69 Å². The molecule has 1 heterocycles. The van der Waals surface area contributed by atoms with E-state index < -0.39 is 16.5 Å². The molecule has 136 valence electrons. The van der Waals surface area contributed by atoms with E-state index in [9.17, 15) is 19.7 Å². The molecule has 0 saturated heterocycles. The van der Waals surface area contributed by atoms with Crippen molar-refractivity contribution in [1.82, 2.24) is 9.97 Å². The molecule has 27 heavy (non-hydrogen) atoms. The van der Waals surface area contributed by atoms with Crippen LogP contribution in [0, 0.1) is 10.1 Å². The maximum absolute atomic E-state index is 12.5. The summed E-state index contributed by atoms with van der Waals surface area (Å²) in [6, 6.07) is 12.5. The van der Waals surface area contributed by atoms with Gasteiger partial charge in [-0.15, -0.1) is 0 Å². The Balaban J connectivity index is 2.14. The number of carbonyl (C=O) groups excluding carboxylic acids is 1. The van der Waals surface area contributed by atoms with Gasteiger partial charge in [0.25, 0.3) is 11.2 Å². The second-order valence-corrected chi connectivity index (χ2v) is 5.56. The van der Waals surface area contributed by atoms with Gasteiger partial charge < -0.3 is 9.72 Å². The molecule has 1 N–H and O–H groups in total. The van der Waals surface area contributed by atoms with Crippen molar-refractivity contribution in [2.24, 2.45) is 0 Å². The lowest BCUT2D eigenvalue weighted by atomic mass is 10.1. The first kappa shape index (κ1) is 18.0. The van der Waals surface area contributed by atoms with E-state index in [2.05, 4.69) is 9.97 Å². The molecule has 0 unspecified atom stereocenters. The van der Waals surface area contributed by atoms with Crippen LogP contribution in [0.5, 0.6) is 0 Å². The highest BCUT2D eigenvalue weighted by atomic mass is 16.6. The third-order valence-electron chi connectivity index (χ3n) is 3.76. The quantitative estimate of drug-likeness (QED) is 0.322. The van der Waals surface area contributed by atoms with Crippen LogP contribution in [0.15, 0.2) is 53.3 Å². The van der Waals surface area contributed by atoms with Crippen LogP contribution in [0.25, 0.3) is 22.7 Å². The smallest absolute Gasteiger partial charge is 0.340 e. The summed E-state index contributed by atoms with van der Waals surface area (Å²) in [7, 11) is 0. The van der Waals surface area contributed by atoms with Crippen molar-refractivity contribution in [3.8, 4) is 0 Å². The Hall–Kier alpha value is -3.81. The summed E-state index contributed by atoms with van der Waals surface area (Å²) in [5, 5.41) is 10.8. The van der Waals surface area contributed by atoms with Crippen LogP contribution < -0.4 is 5.56 Å². The minimum atomic E-state index is -0.705. The number of carbonyl (C=O) groups is 1. The van der Waals surface area contributed by atoms with Crippen molar-refractivity contribution in [2.75, 3.05) is 6.61 Å². The number of benzene rings is 2. The monoisotopic (exact) mass is 365 g/mol. The number of ether oxygens (including phenoxy) is 1. The van der Waals surface area contributed by atoms with Gasteiger partial charge in [0, 0.05) is 12.1 Å². The number of H-pyrrole nitrogens is 1. The molecule has 0 amide bonds. The molecule has 0 aliphatic heterocycles. The number of nitro benzene ring substituents is 1. The SMILES string of the molecule is CCOC(=O)/C(=C\c1ccc([N+](=O)[O-])cc1)c1nc2ccccc2[nH]c1=O. The van der Waals surface area contributed by atoms with Gasteiger partial charge in [-0.1, -0.05) is 12.1 Å². The van der Waals surface area contributed by atoms with Crippen LogP contribution in [0.1, 0.15) is 18.2 Å². The number of esters is 1. The van der Waals surface area contributed by atoms with Gasteiger partial charge in [-0.3, -0.25) is 14.9 Å². The third kappa shape index (κ3) is 3.90. The summed E-state index contributed by atoms with van der Waals surface area (Å²) in [6.07, 6.45) is 1.42. The first-order chi connectivity index (χ1) is 13.0. The fraction of sp³-hybridized carbons (Fsp3) is 0.105. The van der Waals surface area contributed by atoms with Gasteiger partial charge in [0.05, 0.1) is 28.1 Å². The highest BCUT2D eigenvalue weighted by Crippen LogP contribution is 2.20.